The second kappa shape index (κ2) is 9.77. The third-order valence-corrected chi connectivity index (χ3v) is 5.59. The maximum Gasteiger partial charge on any atom is 0.260 e. The zero-order chi connectivity index (χ0) is 19.9. The topological polar surface area (TPSA) is 38.3 Å². The Morgan fingerprint density at radius 2 is 1.71 bits per heavy atom. The number of fused-ring (bicyclic) bond motifs is 1. The zero-order valence-electron chi connectivity index (χ0n) is 17.5. The Morgan fingerprint density at radius 1 is 1.00 bits per heavy atom. The molecular weight excluding hydrogens is 346 g/mol. The Bertz CT molecular complexity index is 780. The average Bonchev–Trinajstić information content (AvgIpc) is 2.71. The van der Waals surface area contributed by atoms with Crippen molar-refractivity contribution >= 4 is 5.91 Å². The van der Waals surface area contributed by atoms with Gasteiger partial charge in [-0.15, -0.1) is 0 Å². The second-order valence-electron chi connectivity index (χ2n) is 8.19. The number of nitrogens with one attached hydrogen (secondary N) is 1. The van der Waals surface area contributed by atoms with Crippen LogP contribution in [0.15, 0.2) is 42.5 Å². The highest BCUT2D eigenvalue weighted by molar-refractivity contribution is 5.80. The molecule has 0 fully saturated rings. The molecule has 0 saturated heterocycles. The summed E-state index contributed by atoms with van der Waals surface area (Å²) in [4.78, 5) is 12.3. The Kier molecular flexibility index (Phi) is 7.13. The molecule has 3 nitrogen and oxygen atoms in total. The van der Waals surface area contributed by atoms with E-state index in [4.69, 9.17) is 4.74 Å². The molecule has 2 aromatic carbocycles. The predicted octanol–water partition coefficient (Wildman–Crippen LogP) is 5.21. The molecule has 3 rings (SSSR count). The summed E-state index contributed by atoms with van der Waals surface area (Å²) in [6.07, 6.45) is 6.21. The largest absolute Gasteiger partial charge is 0.481 e. The van der Waals surface area contributed by atoms with Gasteiger partial charge in [-0.2, -0.15) is 0 Å². The van der Waals surface area contributed by atoms with Gasteiger partial charge >= 0.3 is 0 Å². The quantitative estimate of drug-likeness (QED) is 0.640. The van der Waals surface area contributed by atoms with Crippen LogP contribution in [0.3, 0.4) is 0 Å². The Hall–Kier alpha value is -2.29. The summed E-state index contributed by atoms with van der Waals surface area (Å²) in [5, 5.41) is 3.00. The van der Waals surface area contributed by atoms with Gasteiger partial charge in [0.05, 0.1) is 0 Å². The monoisotopic (exact) mass is 379 g/mol. The van der Waals surface area contributed by atoms with Gasteiger partial charge < -0.3 is 10.1 Å². The normalized spacial score (nSPS) is 14.4. The van der Waals surface area contributed by atoms with E-state index < -0.39 is 6.10 Å². The van der Waals surface area contributed by atoms with Gasteiger partial charge in [-0.25, -0.2) is 0 Å². The third-order valence-electron chi connectivity index (χ3n) is 5.59. The van der Waals surface area contributed by atoms with E-state index in [0.29, 0.717) is 12.5 Å². The number of aryl methyl sites for hydroxylation is 3. The lowest BCUT2D eigenvalue weighted by atomic mass is 9.92. The average molecular weight is 380 g/mol. The van der Waals surface area contributed by atoms with Gasteiger partial charge in [0.15, 0.2) is 6.10 Å². The SMILES string of the molecule is CC(Oc1ccc2c(c1)CCCC2)C(=O)NCCCc1ccc(C(C)C)cc1. The Labute approximate surface area is 169 Å². The Balaban J connectivity index is 1.40. The molecule has 0 aliphatic heterocycles. The van der Waals surface area contributed by atoms with Crippen LogP contribution in [0.25, 0.3) is 0 Å². The van der Waals surface area contributed by atoms with Crippen LogP contribution in [0, 0.1) is 0 Å². The van der Waals surface area contributed by atoms with Gasteiger partial charge in [0.1, 0.15) is 5.75 Å². The molecule has 0 aromatic heterocycles. The van der Waals surface area contributed by atoms with Gasteiger partial charge in [0, 0.05) is 6.54 Å². The van der Waals surface area contributed by atoms with Crippen LogP contribution in [0.4, 0.5) is 0 Å². The molecule has 1 amide bonds. The van der Waals surface area contributed by atoms with E-state index in [0.717, 1.165) is 31.4 Å². The van der Waals surface area contributed by atoms with Crippen molar-refractivity contribution in [1.82, 2.24) is 5.32 Å². The van der Waals surface area contributed by atoms with Gasteiger partial charge in [-0.05, 0) is 85.8 Å². The lowest BCUT2D eigenvalue weighted by molar-refractivity contribution is -0.127. The summed E-state index contributed by atoms with van der Waals surface area (Å²) in [6.45, 7) is 6.90. The molecule has 28 heavy (non-hydrogen) atoms. The molecule has 1 unspecified atom stereocenters. The first-order valence-electron chi connectivity index (χ1n) is 10.7. The number of amides is 1. The second-order valence-corrected chi connectivity index (χ2v) is 8.19. The number of hydrogen-bond donors (Lipinski definition) is 1. The predicted molar refractivity (Wildman–Crippen MR) is 115 cm³/mol. The highest BCUT2D eigenvalue weighted by Gasteiger charge is 2.16. The van der Waals surface area contributed by atoms with Gasteiger partial charge in [0.25, 0.3) is 5.91 Å². The Morgan fingerprint density at radius 3 is 2.43 bits per heavy atom. The van der Waals surface area contributed by atoms with Gasteiger partial charge in [-0.3, -0.25) is 4.79 Å². The molecule has 150 valence electrons. The molecule has 1 N–H and O–H groups in total. The fourth-order valence-electron chi connectivity index (χ4n) is 3.76. The highest BCUT2D eigenvalue weighted by Crippen LogP contribution is 2.25. The van der Waals surface area contributed by atoms with Crippen LogP contribution in [-0.4, -0.2) is 18.6 Å². The molecule has 0 heterocycles. The van der Waals surface area contributed by atoms with Crippen molar-refractivity contribution in [3.8, 4) is 5.75 Å². The first-order valence-corrected chi connectivity index (χ1v) is 10.7. The lowest BCUT2D eigenvalue weighted by Crippen LogP contribution is -2.37. The summed E-state index contributed by atoms with van der Waals surface area (Å²) in [5.41, 5.74) is 5.49. The first-order chi connectivity index (χ1) is 13.5. The number of ether oxygens (including phenoxy) is 1. The molecule has 1 atom stereocenters. The molecule has 0 spiro atoms. The van der Waals surface area contributed by atoms with Crippen molar-refractivity contribution in [3.63, 3.8) is 0 Å². The smallest absolute Gasteiger partial charge is 0.260 e. The summed E-state index contributed by atoms with van der Waals surface area (Å²) in [6, 6.07) is 15.0. The van der Waals surface area contributed by atoms with Crippen LogP contribution in [0.1, 0.15) is 68.2 Å². The van der Waals surface area contributed by atoms with Crippen molar-refractivity contribution in [2.75, 3.05) is 6.54 Å². The maximum absolute atomic E-state index is 12.3. The minimum Gasteiger partial charge on any atom is -0.481 e. The molecule has 0 bridgehead atoms. The molecule has 2 aromatic rings. The molecule has 1 aliphatic carbocycles. The van der Waals surface area contributed by atoms with E-state index >= 15 is 0 Å². The number of rotatable bonds is 8. The fourth-order valence-corrected chi connectivity index (χ4v) is 3.76. The zero-order valence-corrected chi connectivity index (χ0v) is 17.5. The minimum absolute atomic E-state index is 0.0483. The van der Waals surface area contributed by atoms with E-state index in [-0.39, 0.29) is 5.91 Å². The summed E-state index contributed by atoms with van der Waals surface area (Å²) < 4.78 is 5.88. The number of hydrogen-bond acceptors (Lipinski definition) is 2. The van der Waals surface area contributed by atoms with Crippen molar-refractivity contribution in [1.29, 1.82) is 0 Å². The molecule has 0 saturated carbocycles. The highest BCUT2D eigenvalue weighted by atomic mass is 16.5. The van der Waals surface area contributed by atoms with Crippen molar-refractivity contribution in [2.24, 2.45) is 0 Å². The van der Waals surface area contributed by atoms with E-state index in [1.807, 2.05) is 13.0 Å². The third kappa shape index (κ3) is 5.60. The van der Waals surface area contributed by atoms with E-state index in [1.54, 1.807) is 0 Å². The summed E-state index contributed by atoms with van der Waals surface area (Å²) >= 11 is 0. The van der Waals surface area contributed by atoms with Crippen LogP contribution in [0.5, 0.6) is 5.75 Å². The molecule has 0 radical (unpaired) electrons. The van der Waals surface area contributed by atoms with Crippen LogP contribution < -0.4 is 10.1 Å². The molecular formula is C25H33NO2. The van der Waals surface area contributed by atoms with Crippen LogP contribution in [0.2, 0.25) is 0 Å². The lowest BCUT2D eigenvalue weighted by Gasteiger charge is -2.19. The summed E-state index contributed by atoms with van der Waals surface area (Å²) in [7, 11) is 0. The van der Waals surface area contributed by atoms with E-state index in [2.05, 4.69) is 55.6 Å². The van der Waals surface area contributed by atoms with E-state index in [1.165, 1.54) is 35.1 Å². The van der Waals surface area contributed by atoms with Crippen molar-refractivity contribution < 1.29 is 9.53 Å². The summed E-state index contributed by atoms with van der Waals surface area (Å²) in [5.74, 6) is 1.31. The number of benzene rings is 2. The minimum atomic E-state index is -0.480. The van der Waals surface area contributed by atoms with Gasteiger partial charge in [-0.1, -0.05) is 44.2 Å². The molecule has 3 heteroatoms. The fraction of sp³-hybridized carbons (Fsp3) is 0.480. The number of carbonyl (C=O) groups is 1. The first kappa shape index (κ1) is 20.4. The van der Waals surface area contributed by atoms with Crippen molar-refractivity contribution in [2.45, 2.75) is 71.3 Å². The van der Waals surface area contributed by atoms with Crippen molar-refractivity contribution in [3.05, 3.63) is 64.7 Å². The van der Waals surface area contributed by atoms with Crippen LogP contribution >= 0.6 is 0 Å². The van der Waals surface area contributed by atoms with Crippen LogP contribution in [-0.2, 0) is 24.1 Å². The standard InChI is InChI=1S/C25H33NO2/c1-18(2)21-12-10-20(11-13-21)7-6-16-26-25(27)19(3)28-24-15-14-22-8-4-5-9-23(22)17-24/h10-15,17-19H,4-9,16H2,1-3H3,(H,26,27). The molecule has 1 aliphatic rings. The number of carbonyl (C=O) groups excluding carboxylic acids is 1. The van der Waals surface area contributed by atoms with Gasteiger partial charge in [0.2, 0.25) is 0 Å². The van der Waals surface area contributed by atoms with E-state index in [9.17, 15) is 4.79 Å². The maximum atomic E-state index is 12.3.